The number of nitrogens with two attached hydrogens (primary N) is 1. The van der Waals surface area contributed by atoms with E-state index in [1.807, 2.05) is 0 Å². The third-order valence-electron chi connectivity index (χ3n) is 4.02. The topological polar surface area (TPSA) is 66.6 Å². The van der Waals surface area contributed by atoms with Crippen LogP contribution in [-0.4, -0.2) is 75.5 Å². The molecule has 1 aliphatic heterocycles. The molecule has 5 nitrogen and oxygen atoms in total. The van der Waals surface area contributed by atoms with Crippen LogP contribution in [0.25, 0.3) is 0 Å². The summed E-state index contributed by atoms with van der Waals surface area (Å²) in [5.74, 6) is 0.564. The van der Waals surface area contributed by atoms with E-state index in [-0.39, 0.29) is 5.75 Å². The van der Waals surface area contributed by atoms with Crippen molar-refractivity contribution in [1.29, 1.82) is 0 Å². The van der Waals surface area contributed by atoms with Crippen molar-refractivity contribution < 1.29 is 8.42 Å². The van der Waals surface area contributed by atoms with Crippen LogP contribution in [0.3, 0.4) is 0 Å². The van der Waals surface area contributed by atoms with Crippen molar-refractivity contribution in [2.45, 2.75) is 32.6 Å². The third-order valence-corrected chi connectivity index (χ3v) is 5.70. The summed E-state index contributed by atoms with van der Waals surface area (Å²) in [5.41, 5.74) is 5.50. The van der Waals surface area contributed by atoms with Gasteiger partial charge in [0.15, 0.2) is 9.84 Å². The van der Waals surface area contributed by atoms with Gasteiger partial charge >= 0.3 is 0 Å². The second-order valence-corrected chi connectivity index (χ2v) is 8.10. The van der Waals surface area contributed by atoms with Gasteiger partial charge in [-0.25, -0.2) is 8.42 Å². The fourth-order valence-electron chi connectivity index (χ4n) is 2.54. The Hall–Kier alpha value is -0.170. The van der Waals surface area contributed by atoms with Crippen molar-refractivity contribution in [2.24, 2.45) is 5.73 Å². The van der Waals surface area contributed by atoms with Gasteiger partial charge in [-0.2, -0.15) is 0 Å². The van der Waals surface area contributed by atoms with E-state index in [1.54, 1.807) is 6.92 Å². The zero-order chi connectivity index (χ0) is 14.8. The molecule has 0 unspecified atom stereocenters. The molecular formula is C14H31N3O2S. The van der Waals surface area contributed by atoms with Crippen LogP contribution >= 0.6 is 0 Å². The van der Waals surface area contributed by atoms with E-state index in [9.17, 15) is 8.42 Å². The molecule has 0 saturated carbocycles. The summed E-state index contributed by atoms with van der Waals surface area (Å²) >= 11 is 0. The molecule has 20 heavy (non-hydrogen) atoms. The highest BCUT2D eigenvalue weighted by atomic mass is 32.2. The van der Waals surface area contributed by atoms with Gasteiger partial charge in [0, 0.05) is 25.4 Å². The van der Waals surface area contributed by atoms with E-state index >= 15 is 0 Å². The lowest BCUT2D eigenvalue weighted by molar-refractivity contribution is 0.259. The molecule has 1 saturated heterocycles. The second kappa shape index (κ2) is 9.71. The molecule has 0 amide bonds. The van der Waals surface area contributed by atoms with E-state index in [0.717, 1.165) is 52.1 Å². The quantitative estimate of drug-likeness (QED) is 0.631. The van der Waals surface area contributed by atoms with Crippen LogP contribution in [0.5, 0.6) is 0 Å². The van der Waals surface area contributed by atoms with Crippen molar-refractivity contribution in [3.63, 3.8) is 0 Å². The van der Waals surface area contributed by atoms with Crippen LogP contribution in [0, 0.1) is 0 Å². The summed E-state index contributed by atoms with van der Waals surface area (Å²) < 4.78 is 23.1. The molecule has 1 fully saturated rings. The summed E-state index contributed by atoms with van der Waals surface area (Å²) in [5, 5.41) is 0. The summed E-state index contributed by atoms with van der Waals surface area (Å²) in [6, 6.07) is 0. The minimum atomic E-state index is -2.83. The van der Waals surface area contributed by atoms with Crippen LogP contribution in [0.4, 0.5) is 0 Å². The number of sulfone groups is 1. The maximum absolute atomic E-state index is 11.5. The molecule has 0 aliphatic carbocycles. The third kappa shape index (κ3) is 7.57. The summed E-state index contributed by atoms with van der Waals surface area (Å²) in [4.78, 5) is 4.80. The molecular weight excluding hydrogens is 274 g/mol. The largest absolute Gasteiger partial charge is 0.330 e. The van der Waals surface area contributed by atoms with Gasteiger partial charge in [0.1, 0.15) is 0 Å². The molecule has 0 spiro atoms. The molecule has 0 aromatic heterocycles. The van der Waals surface area contributed by atoms with E-state index in [2.05, 4.69) is 9.80 Å². The summed E-state index contributed by atoms with van der Waals surface area (Å²) in [6.07, 6.45) is 4.70. The van der Waals surface area contributed by atoms with Crippen LogP contribution in [0.1, 0.15) is 32.6 Å². The van der Waals surface area contributed by atoms with E-state index < -0.39 is 9.84 Å². The van der Waals surface area contributed by atoms with Gasteiger partial charge in [-0.15, -0.1) is 0 Å². The summed E-state index contributed by atoms with van der Waals surface area (Å²) in [6.45, 7) is 8.59. The Morgan fingerprint density at radius 3 is 2.20 bits per heavy atom. The van der Waals surface area contributed by atoms with Crippen molar-refractivity contribution in [1.82, 2.24) is 9.80 Å². The number of hydrogen-bond acceptors (Lipinski definition) is 5. The van der Waals surface area contributed by atoms with Crippen molar-refractivity contribution in [2.75, 3.05) is 57.3 Å². The van der Waals surface area contributed by atoms with Crippen LogP contribution in [0.15, 0.2) is 0 Å². The van der Waals surface area contributed by atoms with Gasteiger partial charge in [-0.3, -0.25) is 0 Å². The first kappa shape index (κ1) is 17.9. The SMILES string of the molecule is CCS(=O)(=O)CCN1CCCN(CCCCCN)CC1. The number of unbranched alkanes of at least 4 members (excludes halogenated alkanes) is 2. The number of hydrogen-bond donors (Lipinski definition) is 1. The lowest BCUT2D eigenvalue weighted by atomic mass is 10.2. The number of nitrogens with zero attached hydrogens (tertiary/aromatic N) is 2. The van der Waals surface area contributed by atoms with Crippen molar-refractivity contribution >= 4 is 9.84 Å². The second-order valence-electron chi connectivity index (χ2n) is 5.62. The minimum Gasteiger partial charge on any atom is -0.330 e. The normalized spacial score (nSPS) is 19.1. The fourth-order valence-corrected chi connectivity index (χ4v) is 3.37. The molecule has 1 aliphatic rings. The Bertz CT molecular complexity index is 346. The zero-order valence-electron chi connectivity index (χ0n) is 12.9. The lowest BCUT2D eigenvalue weighted by Gasteiger charge is -2.21. The van der Waals surface area contributed by atoms with Crippen LogP contribution in [-0.2, 0) is 9.84 Å². The van der Waals surface area contributed by atoms with E-state index in [1.165, 1.54) is 12.8 Å². The Labute approximate surface area is 124 Å². The molecule has 0 aromatic rings. The van der Waals surface area contributed by atoms with Gasteiger partial charge in [-0.05, 0) is 45.4 Å². The molecule has 1 heterocycles. The molecule has 120 valence electrons. The maximum Gasteiger partial charge on any atom is 0.151 e. The van der Waals surface area contributed by atoms with Crippen LogP contribution < -0.4 is 5.73 Å². The Balaban J connectivity index is 2.22. The zero-order valence-corrected chi connectivity index (χ0v) is 13.7. The van der Waals surface area contributed by atoms with Gasteiger partial charge in [0.2, 0.25) is 0 Å². The Morgan fingerprint density at radius 2 is 1.60 bits per heavy atom. The molecule has 0 aromatic carbocycles. The standard InChI is InChI=1S/C14H31N3O2S/c1-2-20(18,19)14-13-17-10-6-9-16(11-12-17)8-5-3-4-7-15/h2-15H2,1H3. The molecule has 1 rings (SSSR count). The van der Waals surface area contributed by atoms with Gasteiger partial charge in [0.05, 0.1) is 5.75 Å². The first-order valence-electron chi connectivity index (χ1n) is 7.92. The lowest BCUT2D eigenvalue weighted by Crippen LogP contribution is -2.34. The van der Waals surface area contributed by atoms with E-state index in [4.69, 9.17) is 5.73 Å². The maximum atomic E-state index is 11.5. The van der Waals surface area contributed by atoms with E-state index in [0.29, 0.717) is 12.3 Å². The highest BCUT2D eigenvalue weighted by molar-refractivity contribution is 7.91. The minimum absolute atomic E-state index is 0.258. The predicted octanol–water partition coefficient (Wildman–Crippen LogP) is 0.558. The van der Waals surface area contributed by atoms with Gasteiger partial charge in [0.25, 0.3) is 0 Å². The number of rotatable bonds is 9. The molecule has 2 N–H and O–H groups in total. The highest BCUT2D eigenvalue weighted by Crippen LogP contribution is 2.06. The van der Waals surface area contributed by atoms with Crippen LogP contribution in [0.2, 0.25) is 0 Å². The smallest absolute Gasteiger partial charge is 0.151 e. The monoisotopic (exact) mass is 305 g/mol. The Morgan fingerprint density at radius 1 is 0.950 bits per heavy atom. The molecule has 0 bridgehead atoms. The van der Waals surface area contributed by atoms with Gasteiger partial charge < -0.3 is 15.5 Å². The average Bonchev–Trinajstić information content (AvgIpc) is 2.67. The average molecular weight is 305 g/mol. The first-order valence-corrected chi connectivity index (χ1v) is 9.74. The van der Waals surface area contributed by atoms with Crippen molar-refractivity contribution in [3.8, 4) is 0 Å². The predicted molar refractivity (Wildman–Crippen MR) is 84.7 cm³/mol. The molecule has 0 radical (unpaired) electrons. The fraction of sp³-hybridized carbons (Fsp3) is 1.00. The first-order chi connectivity index (χ1) is 9.57. The summed E-state index contributed by atoms with van der Waals surface area (Å²) in [7, 11) is -2.83. The Kier molecular flexibility index (Phi) is 8.68. The molecule has 6 heteroatoms. The molecule has 0 atom stereocenters. The van der Waals surface area contributed by atoms with Gasteiger partial charge in [-0.1, -0.05) is 13.3 Å². The highest BCUT2D eigenvalue weighted by Gasteiger charge is 2.16. The van der Waals surface area contributed by atoms with Crippen molar-refractivity contribution in [3.05, 3.63) is 0 Å².